The average molecular weight is 254 g/mol. The summed E-state index contributed by atoms with van der Waals surface area (Å²) < 4.78 is 1.07. The molecule has 0 saturated heterocycles. The molecule has 14 heavy (non-hydrogen) atoms. The van der Waals surface area contributed by atoms with Crippen LogP contribution in [0.4, 0.5) is 5.69 Å². The quantitative estimate of drug-likeness (QED) is 0.757. The molecule has 1 heterocycles. The van der Waals surface area contributed by atoms with Crippen molar-refractivity contribution in [1.82, 2.24) is 0 Å². The van der Waals surface area contributed by atoms with Gasteiger partial charge in [-0.25, -0.2) is 0 Å². The van der Waals surface area contributed by atoms with E-state index in [1.807, 2.05) is 32.0 Å². The van der Waals surface area contributed by atoms with Crippen LogP contribution in [0.5, 0.6) is 0 Å². The second-order valence-electron chi connectivity index (χ2n) is 4.28. The Kier molecular flexibility index (Phi) is 2.14. The molecule has 3 heteroatoms. The first kappa shape index (κ1) is 9.71. The van der Waals surface area contributed by atoms with Crippen molar-refractivity contribution in [2.75, 3.05) is 5.32 Å². The lowest BCUT2D eigenvalue weighted by Gasteiger charge is -2.31. The summed E-state index contributed by atoms with van der Waals surface area (Å²) in [5.74, 6) is 0.100. The van der Waals surface area contributed by atoms with Crippen LogP contribution in [0.1, 0.15) is 19.4 Å². The van der Waals surface area contributed by atoms with E-state index in [0.29, 0.717) is 0 Å². The summed E-state index contributed by atoms with van der Waals surface area (Å²) in [6.45, 7) is 3.93. The second kappa shape index (κ2) is 3.09. The fraction of sp³-hybridized carbons (Fsp3) is 0.364. The van der Waals surface area contributed by atoms with Crippen molar-refractivity contribution < 1.29 is 4.79 Å². The topological polar surface area (TPSA) is 29.1 Å². The highest BCUT2D eigenvalue weighted by atomic mass is 79.9. The standard InChI is InChI=1S/C11H12BrNO/c1-11(2)6-7-8(12)4-3-5-9(7)13-10(11)14/h3-5H,6H2,1-2H3,(H,13,14). The van der Waals surface area contributed by atoms with Gasteiger partial charge < -0.3 is 5.32 Å². The molecule has 0 saturated carbocycles. The molecule has 74 valence electrons. The first-order valence-corrected chi connectivity index (χ1v) is 5.39. The van der Waals surface area contributed by atoms with Crippen molar-refractivity contribution in [2.24, 2.45) is 5.41 Å². The van der Waals surface area contributed by atoms with Gasteiger partial charge in [-0.2, -0.15) is 0 Å². The van der Waals surface area contributed by atoms with Gasteiger partial charge in [0.2, 0.25) is 5.91 Å². The summed E-state index contributed by atoms with van der Waals surface area (Å²) in [7, 11) is 0. The van der Waals surface area contributed by atoms with E-state index in [9.17, 15) is 4.79 Å². The zero-order valence-corrected chi connectivity index (χ0v) is 9.81. The van der Waals surface area contributed by atoms with Crippen molar-refractivity contribution in [3.8, 4) is 0 Å². The summed E-state index contributed by atoms with van der Waals surface area (Å²) in [5.41, 5.74) is 1.82. The van der Waals surface area contributed by atoms with Gasteiger partial charge in [0.25, 0.3) is 0 Å². The summed E-state index contributed by atoms with van der Waals surface area (Å²) in [4.78, 5) is 11.7. The SMILES string of the molecule is CC1(C)Cc2c(Br)cccc2NC1=O. The molecule has 0 aromatic heterocycles. The minimum Gasteiger partial charge on any atom is -0.325 e. The van der Waals surface area contributed by atoms with Crippen LogP contribution >= 0.6 is 15.9 Å². The van der Waals surface area contributed by atoms with Crippen molar-refractivity contribution in [3.05, 3.63) is 28.2 Å². The molecule has 0 fully saturated rings. The van der Waals surface area contributed by atoms with Crippen LogP contribution in [-0.2, 0) is 11.2 Å². The number of benzene rings is 1. The van der Waals surface area contributed by atoms with Gasteiger partial charge in [0.1, 0.15) is 0 Å². The predicted molar refractivity (Wildman–Crippen MR) is 60.3 cm³/mol. The van der Waals surface area contributed by atoms with E-state index < -0.39 is 0 Å². The van der Waals surface area contributed by atoms with Gasteiger partial charge in [0, 0.05) is 15.6 Å². The third kappa shape index (κ3) is 1.46. The molecule has 2 rings (SSSR count). The highest BCUT2D eigenvalue weighted by Crippen LogP contribution is 2.36. The number of rotatable bonds is 0. The highest BCUT2D eigenvalue weighted by Gasteiger charge is 2.34. The van der Waals surface area contributed by atoms with E-state index in [1.54, 1.807) is 0 Å². The normalized spacial score (nSPS) is 18.6. The number of hydrogen-bond acceptors (Lipinski definition) is 1. The maximum absolute atomic E-state index is 11.7. The van der Waals surface area contributed by atoms with Crippen LogP contribution in [0.25, 0.3) is 0 Å². The molecule has 0 atom stereocenters. The molecule has 0 spiro atoms. The molecule has 0 radical (unpaired) electrons. The molecule has 0 unspecified atom stereocenters. The van der Waals surface area contributed by atoms with E-state index in [4.69, 9.17) is 0 Å². The Bertz CT molecular complexity index is 398. The average Bonchev–Trinajstić information content (AvgIpc) is 2.09. The highest BCUT2D eigenvalue weighted by molar-refractivity contribution is 9.10. The number of hydrogen-bond donors (Lipinski definition) is 1. The molecule has 0 bridgehead atoms. The van der Waals surface area contributed by atoms with Crippen LogP contribution in [0.15, 0.2) is 22.7 Å². The van der Waals surface area contributed by atoms with Crippen LogP contribution in [0.3, 0.4) is 0 Å². The summed E-state index contributed by atoms with van der Waals surface area (Å²) in [5, 5.41) is 2.92. The molecule has 2 nitrogen and oxygen atoms in total. The van der Waals surface area contributed by atoms with Gasteiger partial charge in [-0.3, -0.25) is 4.79 Å². The van der Waals surface area contributed by atoms with Gasteiger partial charge in [-0.05, 0) is 24.1 Å². The van der Waals surface area contributed by atoms with Crippen molar-refractivity contribution in [1.29, 1.82) is 0 Å². The van der Waals surface area contributed by atoms with Crippen LogP contribution < -0.4 is 5.32 Å². The summed E-state index contributed by atoms with van der Waals surface area (Å²) >= 11 is 3.50. The fourth-order valence-electron chi connectivity index (χ4n) is 1.67. The Morgan fingerprint density at radius 2 is 2.14 bits per heavy atom. The first-order valence-electron chi connectivity index (χ1n) is 4.59. The summed E-state index contributed by atoms with van der Waals surface area (Å²) in [6.07, 6.45) is 0.787. The van der Waals surface area contributed by atoms with Gasteiger partial charge in [0.05, 0.1) is 0 Å². The minimum absolute atomic E-state index is 0.100. The Morgan fingerprint density at radius 3 is 2.86 bits per heavy atom. The molecule has 1 aromatic rings. The molecule has 1 aliphatic rings. The Labute approximate surface area is 91.8 Å². The lowest BCUT2D eigenvalue weighted by molar-refractivity contribution is -0.124. The molecule has 1 aromatic carbocycles. The molecule has 1 N–H and O–H groups in total. The zero-order valence-electron chi connectivity index (χ0n) is 8.23. The molecular weight excluding hydrogens is 242 g/mol. The molecule has 1 aliphatic heterocycles. The van der Waals surface area contributed by atoms with E-state index in [-0.39, 0.29) is 11.3 Å². The third-order valence-electron chi connectivity index (χ3n) is 2.60. The number of carbonyl (C=O) groups excluding carboxylic acids is 1. The number of amides is 1. The Morgan fingerprint density at radius 1 is 1.43 bits per heavy atom. The fourth-order valence-corrected chi connectivity index (χ4v) is 2.18. The van der Waals surface area contributed by atoms with Crippen molar-refractivity contribution in [2.45, 2.75) is 20.3 Å². The maximum atomic E-state index is 11.7. The number of anilines is 1. The second-order valence-corrected chi connectivity index (χ2v) is 5.14. The molecule has 0 aliphatic carbocycles. The summed E-state index contributed by atoms with van der Waals surface area (Å²) in [6, 6.07) is 5.88. The van der Waals surface area contributed by atoms with Crippen molar-refractivity contribution in [3.63, 3.8) is 0 Å². The lowest BCUT2D eigenvalue weighted by atomic mass is 9.81. The molecular formula is C11H12BrNO. The van der Waals surface area contributed by atoms with Crippen LogP contribution in [0, 0.1) is 5.41 Å². The molecule has 1 amide bonds. The van der Waals surface area contributed by atoms with E-state index in [0.717, 1.165) is 16.6 Å². The maximum Gasteiger partial charge on any atom is 0.230 e. The third-order valence-corrected chi connectivity index (χ3v) is 3.34. The monoisotopic (exact) mass is 253 g/mol. The number of carbonyl (C=O) groups is 1. The largest absolute Gasteiger partial charge is 0.325 e. The van der Waals surface area contributed by atoms with Crippen molar-refractivity contribution >= 4 is 27.5 Å². The van der Waals surface area contributed by atoms with E-state index in [1.165, 1.54) is 5.56 Å². The predicted octanol–water partition coefficient (Wildman–Crippen LogP) is 2.97. The first-order chi connectivity index (χ1) is 6.50. The Hall–Kier alpha value is -0.830. The smallest absolute Gasteiger partial charge is 0.230 e. The van der Waals surface area contributed by atoms with Crippen LogP contribution in [-0.4, -0.2) is 5.91 Å². The van der Waals surface area contributed by atoms with Gasteiger partial charge >= 0.3 is 0 Å². The van der Waals surface area contributed by atoms with E-state index in [2.05, 4.69) is 21.2 Å². The number of halogens is 1. The van der Waals surface area contributed by atoms with Gasteiger partial charge in [-0.15, -0.1) is 0 Å². The van der Waals surface area contributed by atoms with Gasteiger partial charge in [-0.1, -0.05) is 35.8 Å². The zero-order chi connectivity index (χ0) is 10.3. The van der Waals surface area contributed by atoms with E-state index >= 15 is 0 Å². The minimum atomic E-state index is -0.309. The Balaban J connectivity index is 2.51. The lowest BCUT2D eigenvalue weighted by Crippen LogP contribution is -2.37. The number of fused-ring (bicyclic) bond motifs is 1. The number of nitrogens with one attached hydrogen (secondary N) is 1. The van der Waals surface area contributed by atoms with Gasteiger partial charge in [0.15, 0.2) is 0 Å². The van der Waals surface area contributed by atoms with Crippen LogP contribution in [0.2, 0.25) is 0 Å².